The molecule has 1 unspecified atom stereocenters. The van der Waals surface area contributed by atoms with Gasteiger partial charge in [0.1, 0.15) is 5.02 Å². The molecule has 2 aliphatic rings. The van der Waals surface area contributed by atoms with E-state index in [9.17, 15) is 14.7 Å². The number of carbonyl (C=O) groups excluding carboxylic acids is 2. The van der Waals surface area contributed by atoms with Gasteiger partial charge in [0.05, 0.1) is 40.1 Å². The molecule has 7 rings (SSSR count). The number of hydrogen-bond donors (Lipinski definition) is 4. The predicted molar refractivity (Wildman–Crippen MR) is 195 cm³/mol. The first-order chi connectivity index (χ1) is 23.8. The van der Waals surface area contributed by atoms with Gasteiger partial charge in [-0.15, -0.1) is 0 Å². The summed E-state index contributed by atoms with van der Waals surface area (Å²) in [5, 5.41) is 31.6. The van der Waals surface area contributed by atoms with Gasteiger partial charge >= 0.3 is 0 Å². The molecule has 14 heteroatoms. The van der Waals surface area contributed by atoms with Gasteiger partial charge in [-0.05, 0) is 82.3 Å². The highest BCUT2D eigenvalue weighted by atomic mass is 35.5. The van der Waals surface area contributed by atoms with Crippen LogP contribution in [-0.4, -0.2) is 71.2 Å². The Bertz CT molecular complexity index is 2100. The number of aromatic nitrogens is 6. The van der Waals surface area contributed by atoms with Crippen LogP contribution < -0.4 is 20.9 Å². The molecule has 50 heavy (non-hydrogen) atoms. The third-order valence-corrected chi connectivity index (χ3v) is 10.1. The topological polar surface area (TPSA) is 155 Å². The van der Waals surface area contributed by atoms with E-state index in [0.29, 0.717) is 48.3 Å². The standard InChI is InChI=1S/C36H43ClN10O3/c1-20-19-46(14-12-28(20)39-22-7-9-25-29(16-22)45(5)44-32(25)26-10-11-31(48)41-34(26)49)35-38-18-27(37)33(42-35)40-23-6-8-24-21(2)43-47(30(24)17-23)15-13-36(3,4)50/h6-9,16-18,20,26,28,39,50H,10-15,19H2,1-5H3,(H,38,40,42)(H,41,48,49)/t20-,26?,28-/m1/s1. The minimum absolute atomic E-state index is 0.230. The number of halogens is 1. The summed E-state index contributed by atoms with van der Waals surface area (Å²) >= 11 is 6.59. The number of piperidine rings is 2. The number of anilines is 4. The fourth-order valence-corrected chi connectivity index (χ4v) is 7.18. The lowest BCUT2D eigenvalue weighted by Gasteiger charge is -2.37. The van der Waals surface area contributed by atoms with Crippen molar-refractivity contribution in [3.05, 3.63) is 59.0 Å². The van der Waals surface area contributed by atoms with Crippen molar-refractivity contribution in [2.75, 3.05) is 28.6 Å². The highest BCUT2D eigenvalue weighted by Crippen LogP contribution is 2.33. The second-order valence-corrected chi connectivity index (χ2v) is 14.7. The third kappa shape index (κ3) is 6.84. The quantitative estimate of drug-likeness (QED) is 0.147. The molecule has 5 aromatic rings. The third-order valence-electron chi connectivity index (χ3n) is 9.86. The number of hydrogen-bond acceptors (Lipinski definition) is 10. The van der Waals surface area contributed by atoms with Crippen LogP contribution in [0, 0.1) is 12.8 Å². The van der Waals surface area contributed by atoms with Gasteiger partial charge in [-0.1, -0.05) is 18.5 Å². The molecule has 2 aliphatic heterocycles. The molecule has 2 saturated heterocycles. The zero-order valence-corrected chi connectivity index (χ0v) is 29.8. The molecule has 2 fully saturated rings. The number of fused-ring (bicyclic) bond motifs is 2. The maximum atomic E-state index is 12.5. The van der Waals surface area contributed by atoms with Crippen LogP contribution in [0.2, 0.25) is 5.02 Å². The summed E-state index contributed by atoms with van der Waals surface area (Å²) in [7, 11) is 1.88. The zero-order valence-electron chi connectivity index (χ0n) is 29.0. The highest BCUT2D eigenvalue weighted by Gasteiger charge is 2.32. The molecule has 5 heterocycles. The second kappa shape index (κ2) is 13.2. The zero-order chi connectivity index (χ0) is 35.3. The smallest absolute Gasteiger partial charge is 0.235 e. The van der Waals surface area contributed by atoms with Crippen molar-refractivity contribution < 1.29 is 14.7 Å². The number of benzene rings is 2. The van der Waals surface area contributed by atoms with Gasteiger partial charge in [0.25, 0.3) is 0 Å². The summed E-state index contributed by atoms with van der Waals surface area (Å²) in [5.41, 5.74) is 4.59. The minimum atomic E-state index is -0.783. The average Bonchev–Trinajstić information content (AvgIpc) is 3.56. The van der Waals surface area contributed by atoms with E-state index >= 15 is 0 Å². The van der Waals surface area contributed by atoms with Crippen LogP contribution in [0.15, 0.2) is 42.6 Å². The highest BCUT2D eigenvalue weighted by molar-refractivity contribution is 6.33. The second-order valence-electron chi connectivity index (χ2n) is 14.3. The number of aliphatic hydroxyl groups is 1. The Balaban J connectivity index is 1.03. The molecule has 4 N–H and O–H groups in total. The Hall–Kier alpha value is -4.75. The first-order valence-corrected chi connectivity index (χ1v) is 17.5. The normalized spacial score (nSPS) is 20.1. The first kappa shape index (κ1) is 33.7. The van der Waals surface area contributed by atoms with Crippen molar-refractivity contribution in [2.24, 2.45) is 13.0 Å². The van der Waals surface area contributed by atoms with Gasteiger partial charge in [-0.3, -0.25) is 24.3 Å². The first-order valence-electron chi connectivity index (χ1n) is 17.1. The van der Waals surface area contributed by atoms with Gasteiger partial charge in [0.15, 0.2) is 5.82 Å². The summed E-state index contributed by atoms with van der Waals surface area (Å²) < 4.78 is 3.74. The molecule has 0 saturated carbocycles. The molecule has 0 spiro atoms. The fraction of sp³-hybridized carbons (Fsp3) is 0.444. The Kier molecular flexibility index (Phi) is 8.89. The number of nitrogens with one attached hydrogen (secondary N) is 3. The average molecular weight is 699 g/mol. The minimum Gasteiger partial charge on any atom is -0.390 e. The van der Waals surface area contributed by atoms with Crippen LogP contribution in [-0.2, 0) is 23.2 Å². The van der Waals surface area contributed by atoms with Crippen molar-refractivity contribution in [2.45, 2.75) is 77.5 Å². The van der Waals surface area contributed by atoms with Crippen LogP contribution >= 0.6 is 11.6 Å². The Morgan fingerprint density at radius 2 is 1.82 bits per heavy atom. The monoisotopic (exact) mass is 698 g/mol. The molecule has 0 aliphatic carbocycles. The van der Waals surface area contributed by atoms with Gasteiger partial charge in [-0.2, -0.15) is 15.2 Å². The lowest BCUT2D eigenvalue weighted by Crippen LogP contribution is -2.46. The number of imide groups is 1. The van der Waals surface area contributed by atoms with E-state index in [4.69, 9.17) is 21.7 Å². The van der Waals surface area contributed by atoms with Crippen molar-refractivity contribution in [3.8, 4) is 0 Å². The van der Waals surface area contributed by atoms with Crippen LogP contribution in [0.1, 0.15) is 63.8 Å². The summed E-state index contributed by atoms with van der Waals surface area (Å²) in [6, 6.07) is 12.4. The van der Waals surface area contributed by atoms with Gasteiger partial charge in [0, 0.05) is 61.3 Å². The molecule has 0 bridgehead atoms. The largest absolute Gasteiger partial charge is 0.390 e. The Morgan fingerprint density at radius 1 is 1.06 bits per heavy atom. The fourth-order valence-electron chi connectivity index (χ4n) is 7.04. The van der Waals surface area contributed by atoms with Gasteiger partial charge < -0.3 is 20.6 Å². The van der Waals surface area contributed by atoms with E-state index < -0.39 is 11.5 Å². The van der Waals surface area contributed by atoms with Crippen LogP contribution in [0.4, 0.5) is 23.1 Å². The van der Waals surface area contributed by atoms with E-state index in [1.807, 2.05) is 49.0 Å². The van der Waals surface area contributed by atoms with Gasteiger partial charge in [-0.25, -0.2) is 4.98 Å². The molecular weight excluding hydrogens is 656 g/mol. The van der Waals surface area contributed by atoms with E-state index in [-0.39, 0.29) is 23.8 Å². The van der Waals surface area contributed by atoms with Crippen molar-refractivity contribution in [3.63, 3.8) is 0 Å². The van der Waals surface area contributed by atoms with Crippen LogP contribution in [0.3, 0.4) is 0 Å². The summed E-state index contributed by atoms with van der Waals surface area (Å²) in [4.78, 5) is 35.8. The van der Waals surface area contributed by atoms with Crippen LogP contribution in [0.25, 0.3) is 21.8 Å². The van der Waals surface area contributed by atoms with Gasteiger partial charge in [0.2, 0.25) is 17.8 Å². The molecule has 13 nitrogen and oxygen atoms in total. The number of carbonyl (C=O) groups is 2. The summed E-state index contributed by atoms with van der Waals surface area (Å²) in [5.74, 6) is 0.492. The molecular formula is C36H43ClN10O3. The van der Waals surface area contributed by atoms with E-state index in [0.717, 1.165) is 58.4 Å². The lowest BCUT2D eigenvalue weighted by atomic mass is 9.92. The molecule has 262 valence electrons. The SMILES string of the molecule is Cc1nn(CCC(C)(C)O)c2cc(Nc3nc(N4CC[C@@H](Nc5ccc6c(C7CCC(=O)NC7=O)nn(C)c6c5)[C@H](C)C4)ncc3Cl)ccc12. The van der Waals surface area contributed by atoms with E-state index in [1.54, 1.807) is 24.7 Å². The number of rotatable bonds is 9. The lowest BCUT2D eigenvalue weighted by molar-refractivity contribution is -0.134. The predicted octanol–water partition coefficient (Wildman–Crippen LogP) is 5.43. The maximum Gasteiger partial charge on any atom is 0.235 e. The van der Waals surface area contributed by atoms with E-state index in [1.165, 1.54) is 0 Å². The number of aryl methyl sites for hydroxylation is 3. The molecule has 2 amide bonds. The molecule has 0 radical (unpaired) electrons. The van der Waals surface area contributed by atoms with Crippen LogP contribution in [0.5, 0.6) is 0 Å². The molecule has 2 aromatic carbocycles. The van der Waals surface area contributed by atoms with Crippen molar-refractivity contribution >= 4 is 68.4 Å². The Labute approximate surface area is 295 Å². The van der Waals surface area contributed by atoms with Crippen molar-refractivity contribution in [1.29, 1.82) is 0 Å². The number of nitrogens with zero attached hydrogens (tertiary/aromatic N) is 7. The molecule has 3 aromatic heterocycles. The summed E-state index contributed by atoms with van der Waals surface area (Å²) in [6.45, 7) is 9.95. The number of amides is 2. The van der Waals surface area contributed by atoms with E-state index in [2.05, 4.69) is 43.9 Å². The maximum absolute atomic E-state index is 12.5. The molecule has 3 atom stereocenters. The Morgan fingerprint density at radius 3 is 2.58 bits per heavy atom. The summed E-state index contributed by atoms with van der Waals surface area (Å²) in [6.07, 6.45) is 3.89. The van der Waals surface area contributed by atoms with Crippen molar-refractivity contribution in [1.82, 2.24) is 34.8 Å².